The normalized spacial score (nSPS) is 18.1. The van der Waals surface area contributed by atoms with E-state index in [0.717, 1.165) is 5.56 Å². The van der Waals surface area contributed by atoms with Crippen LogP contribution in [-0.4, -0.2) is 48.6 Å². The molecule has 1 heterocycles. The van der Waals surface area contributed by atoms with Crippen LogP contribution in [0.25, 0.3) is 5.76 Å². The highest BCUT2D eigenvalue weighted by molar-refractivity contribution is 6.46. The van der Waals surface area contributed by atoms with Crippen molar-refractivity contribution in [3.05, 3.63) is 84.0 Å². The Bertz CT molecular complexity index is 918. The molecule has 0 bridgehead atoms. The summed E-state index contributed by atoms with van der Waals surface area (Å²) in [5.74, 6) is -0.961. The topological polar surface area (TPSA) is 76.1 Å². The standard InChI is InChI=1S/C23H23NO5/c1-3-14-29-18-11-9-17(10-12-18)21(25)19-20(16-7-5-4-6-8-16)24(13-15-28-2)23(27)22(19)26/h3-12,20,25H,1,13-15H2,2H3/b21-19-. The highest BCUT2D eigenvalue weighted by Gasteiger charge is 2.45. The Kier molecular flexibility index (Phi) is 6.46. The van der Waals surface area contributed by atoms with Gasteiger partial charge < -0.3 is 19.5 Å². The second-order valence-corrected chi connectivity index (χ2v) is 6.52. The maximum atomic E-state index is 12.8. The van der Waals surface area contributed by atoms with Gasteiger partial charge in [-0.1, -0.05) is 43.0 Å². The van der Waals surface area contributed by atoms with Crippen molar-refractivity contribution < 1.29 is 24.2 Å². The first-order chi connectivity index (χ1) is 14.1. The van der Waals surface area contributed by atoms with Gasteiger partial charge in [0.2, 0.25) is 0 Å². The van der Waals surface area contributed by atoms with Crippen molar-refractivity contribution in [2.24, 2.45) is 0 Å². The van der Waals surface area contributed by atoms with Crippen LogP contribution in [0.15, 0.2) is 72.8 Å². The SMILES string of the molecule is C=CCOc1ccc(/C(O)=C2/C(=O)C(=O)N(CCOC)C2c2ccccc2)cc1. The van der Waals surface area contributed by atoms with Gasteiger partial charge in [-0.3, -0.25) is 9.59 Å². The number of methoxy groups -OCH3 is 1. The van der Waals surface area contributed by atoms with Crippen molar-refractivity contribution in [3.8, 4) is 5.75 Å². The summed E-state index contributed by atoms with van der Waals surface area (Å²) in [5, 5.41) is 10.9. The van der Waals surface area contributed by atoms with Crippen LogP contribution in [0.5, 0.6) is 5.75 Å². The summed E-state index contributed by atoms with van der Waals surface area (Å²) in [5.41, 5.74) is 1.24. The number of amides is 1. The molecule has 2 aromatic carbocycles. The fourth-order valence-electron chi connectivity index (χ4n) is 3.30. The van der Waals surface area contributed by atoms with Gasteiger partial charge in [0.05, 0.1) is 18.2 Å². The maximum absolute atomic E-state index is 12.8. The molecule has 150 valence electrons. The van der Waals surface area contributed by atoms with Crippen LogP contribution in [0.4, 0.5) is 0 Å². The molecule has 1 atom stereocenters. The van der Waals surface area contributed by atoms with E-state index in [1.54, 1.807) is 30.3 Å². The molecule has 2 aromatic rings. The zero-order chi connectivity index (χ0) is 20.8. The molecule has 0 aliphatic carbocycles. The van der Waals surface area contributed by atoms with Gasteiger partial charge >= 0.3 is 0 Å². The smallest absolute Gasteiger partial charge is 0.295 e. The predicted molar refractivity (Wildman–Crippen MR) is 109 cm³/mol. The number of aliphatic hydroxyl groups is 1. The number of hydrogen-bond donors (Lipinski definition) is 1. The molecule has 0 spiro atoms. The van der Waals surface area contributed by atoms with E-state index in [0.29, 0.717) is 17.9 Å². The summed E-state index contributed by atoms with van der Waals surface area (Å²) >= 11 is 0. The number of ketones is 1. The van der Waals surface area contributed by atoms with E-state index in [1.165, 1.54) is 12.0 Å². The molecule has 1 amide bonds. The summed E-state index contributed by atoms with van der Waals surface area (Å²) in [4.78, 5) is 26.9. The molecule has 0 saturated carbocycles. The molecule has 1 unspecified atom stereocenters. The molecule has 6 heteroatoms. The molecule has 3 rings (SSSR count). The minimum absolute atomic E-state index is 0.0667. The molecule has 0 aromatic heterocycles. The molecule has 0 radical (unpaired) electrons. The molecule has 1 saturated heterocycles. The van der Waals surface area contributed by atoms with Crippen molar-refractivity contribution >= 4 is 17.4 Å². The fraction of sp³-hybridized carbons (Fsp3) is 0.217. The summed E-state index contributed by atoms with van der Waals surface area (Å²) in [7, 11) is 1.53. The van der Waals surface area contributed by atoms with E-state index >= 15 is 0 Å². The van der Waals surface area contributed by atoms with Crippen LogP contribution in [0.3, 0.4) is 0 Å². The van der Waals surface area contributed by atoms with Crippen molar-refractivity contribution in [3.63, 3.8) is 0 Å². The third-order valence-corrected chi connectivity index (χ3v) is 4.69. The average Bonchev–Trinajstić information content (AvgIpc) is 3.01. The first-order valence-electron chi connectivity index (χ1n) is 9.25. The lowest BCUT2D eigenvalue weighted by Crippen LogP contribution is -2.32. The van der Waals surface area contributed by atoms with Crippen molar-refractivity contribution in [1.82, 2.24) is 4.90 Å². The lowest BCUT2D eigenvalue weighted by Gasteiger charge is -2.25. The number of carbonyl (C=O) groups excluding carboxylic acids is 2. The van der Waals surface area contributed by atoms with Gasteiger partial charge in [-0.15, -0.1) is 0 Å². The highest BCUT2D eigenvalue weighted by atomic mass is 16.5. The lowest BCUT2D eigenvalue weighted by molar-refractivity contribution is -0.140. The number of likely N-dealkylation sites (tertiary alicyclic amines) is 1. The van der Waals surface area contributed by atoms with E-state index in [-0.39, 0.29) is 24.5 Å². The van der Waals surface area contributed by atoms with Gasteiger partial charge in [0.1, 0.15) is 18.1 Å². The van der Waals surface area contributed by atoms with Gasteiger partial charge in [0.15, 0.2) is 0 Å². The maximum Gasteiger partial charge on any atom is 0.295 e. The Hall–Kier alpha value is -3.38. The van der Waals surface area contributed by atoms with E-state index in [1.807, 2.05) is 30.3 Å². The van der Waals surface area contributed by atoms with Gasteiger partial charge in [-0.25, -0.2) is 0 Å². The summed E-state index contributed by atoms with van der Waals surface area (Å²) in [6.07, 6.45) is 1.63. The van der Waals surface area contributed by atoms with Crippen LogP contribution >= 0.6 is 0 Å². The van der Waals surface area contributed by atoms with Gasteiger partial charge in [-0.2, -0.15) is 0 Å². The molecule has 29 heavy (non-hydrogen) atoms. The predicted octanol–water partition coefficient (Wildman–Crippen LogP) is 3.32. The van der Waals surface area contributed by atoms with Crippen molar-refractivity contribution in [1.29, 1.82) is 0 Å². The first kappa shape index (κ1) is 20.4. The Balaban J connectivity index is 2.04. The monoisotopic (exact) mass is 393 g/mol. The minimum Gasteiger partial charge on any atom is -0.507 e. The number of carbonyl (C=O) groups is 2. The van der Waals surface area contributed by atoms with E-state index in [4.69, 9.17) is 9.47 Å². The number of rotatable bonds is 8. The number of hydrogen-bond acceptors (Lipinski definition) is 5. The van der Waals surface area contributed by atoms with Crippen LogP contribution in [0.1, 0.15) is 17.2 Å². The average molecular weight is 393 g/mol. The number of ether oxygens (including phenoxy) is 2. The lowest BCUT2D eigenvalue weighted by atomic mass is 9.95. The zero-order valence-electron chi connectivity index (χ0n) is 16.2. The molecule has 6 nitrogen and oxygen atoms in total. The van der Waals surface area contributed by atoms with E-state index < -0.39 is 17.7 Å². The molecule has 1 aliphatic rings. The number of nitrogens with zero attached hydrogens (tertiary/aromatic N) is 1. The largest absolute Gasteiger partial charge is 0.507 e. The first-order valence-corrected chi connectivity index (χ1v) is 9.25. The molecule has 1 N–H and O–H groups in total. The molecular weight excluding hydrogens is 370 g/mol. The van der Waals surface area contributed by atoms with Gasteiger partial charge in [0, 0.05) is 19.2 Å². The van der Waals surface area contributed by atoms with Gasteiger partial charge in [-0.05, 0) is 29.8 Å². The Morgan fingerprint density at radius 1 is 1.14 bits per heavy atom. The van der Waals surface area contributed by atoms with Crippen LogP contribution in [-0.2, 0) is 14.3 Å². The number of aliphatic hydroxyl groups excluding tert-OH is 1. The fourth-order valence-corrected chi connectivity index (χ4v) is 3.30. The zero-order valence-corrected chi connectivity index (χ0v) is 16.2. The summed E-state index contributed by atoms with van der Waals surface area (Å²) in [6.45, 7) is 4.49. The third kappa shape index (κ3) is 4.22. The molecular formula is C23H23NO5. The number of Topliss-reactive ketones (excluding diaryl/α,β-unsaturated/α-hetero) is 1. The quantitative estimate of drug-likeness (QED) is 0.322. The van der Waals surface area contributed by atoms with Crippen LogP contribution < -0.4 is 4.74 Å². The summed E-state index contributed by atoms with van der Waals surface area (Å²) < 4.78 is 10.5. The Morgan fingerprint density at radius 2 is 1.83 bits per heavy atom. The Labute approximate surface area is 169 Å². The van der Waals surface area contributed by atoms with Crippen LogP contribution in [0.2, 0.25) is 0 Å². The molecule has 1 aliphatic heterocycles. The van der Waals surface area contributed by atoms with E-state index in [2.05, 4.69) is 6.58 Å². The van der Waals surface area contributed by atoms with Crippen LogP contribution in [0, 0.1) is 0 Å². The Morgan fingerprint density at radius 3 is 2.45 bits per heavy atom. The second-order valence-electron chi connectivity index (χ2n) is 6.52. The second kappa shape index (κ2) is 9.21. The summed E-state index contributed by atoms with van der Waals surface area (Å²) in [6, 6.07) is 15.2. The highest BCUT2D eigenvalue weighted by Crippen LogP contribution is 2.39. The third-order valence-electron chi connectivity index (χ3n) is 4.69. The molecule has 1 fully saturated rings. The van der Waals surface area contributed by atoms with Crippen molar-refractivity contribution in [2.45, 2.75) is 6.04 Å². The number of benzene rings is 2. The van der Waals surface area contributed by atoms with Crippen molar-refractivity contribution in [2.75, 3.05) is 26.9 Å². The van der Waals surface area contributed by atoms with E-state index in [9.17, 15) is 14.7 Å². The van der Waals surface area contributed by atoms with Gasteiger partial charge in [0.25, 0.3) is 11.7 Å². The minimum atomic E-state index is -0.709.